The Labute approximate surface area is 226 Å². The predicted molar refractivity (Wildman–Crippen MR) is 142 cm³/mol. The molecule has 0 radical (unpaired) electrons. The van der Waals surface area contributed by atoms with Crippen LogP contribution in [0.2, 0.25) is 5.02 Å². The smallest absolute Gasteiger partial charge is 0.421 e. The molecule has 4 heterocycles. The number of aryl methyl sites for hydroxylation is 3. The number of nitrogens with one attached hydrogen (secondary N) is 1. The van der Waals surface area contributed by atoms with Gasteiger partial charge in [0.15, 0.2) is 0 Å². The second-order valence-electron chi connectivity index (χ2n) is 9.20. The molecule has 0 aliphatic heterocycles. The number of nitrogens with zero attached hydrogens (tertiary/aromatic N) is 4. The summed E-state index contributed by atoms with van der Waals surface area (Å²) in [6, 6.07) is 11.1. The van der Waals surface area contributed by atoms with Crippen LogP contribution in [0, 0.1) is 20.8 Å². The summed E-state index contributed by atoms with van der Waals surface area (Å²) < 4.78 is 47.0. The second-order valence-corrected chi connectivity index (χ2v) is 9.61. The van der Waals surface area contributed by atoms with Gasteiger partial charge in [0, 0.05) is 34.1 Å². The summed E-state index contributed by atoms with van der Waals surface area (Å²) in [5.41, 5.74) is 3.14. The van der Waals surface area contributed by atoms with Crippen molar-refractivity contribution < 1.29 is 17.9 Å². The van der Waals surface area contributed by atoms with Gasteiger partial charge in [0.2, 0.25) is 0 Å². The third-order valence-corrected chi connectivity index (χ3v) is 6.67. The Balaban J connectivity index is 1.52. The van der Waals surface area contributed by atoms with Crippen molar-refractivity contribution in [2.24, 2.45) is 0 Å². The number of fused-ring (bicyclic) bond motifs is 1. The minimum atomic E-state index is -4.77. The normalized spacial score (nSPS) is 11.8. The lowest BCUT2D eigenvalue weighted by Gasteiger charge is -2.16. The molecule has 0 aliphatic carbocycles. The zero-order valence-electron chi connectivity index (χ0n) is 21.2. The van der Waals surface area contributed by atoms with Crippen molar-refractivity contribution in [1.29, 1.82) is 0 Å². The Morgan fingerprint density at radius 1 is 1.05 bits per heavy atom. The van der Waals surface area contributed by atoms with Crippen LogP contribution in [0.15, 0.2) is 59.7 Å². The topological polar surface area (TPSA) is 85.7 Å². The van der Waals surface area contributed by atoms with Gasteiger partial charge < -0.3 is 9.30 Å². The average molecular weight is 554 g/mol. The molecule has 11 heteroatoms. The van der Waals surface area contributed by atoms with Crippen LogP contribution in [0.3, 0.4) is 0 Å². The van der Waals surface area contributed by atoms with Gasteiger partial charge in [0.1, 0.15) is 23.4 Å². The lowest BCUT2D eigenvalue weighted by Crippen LogP contribution is -2.29. The number of alkyl halides is 3. The van der Waals surface area contributed by atoms with Gasteiger partial charge in [-0.25, -0.2) is 4.98 Å². The van der Waals surface area contributed by atoms with Crippen molar-refractivity contribution in [3.63, 3.8) is 0 Å². The number of rotatable bonds is 6. The zero-order chi connectivity index (χ0) is 27.9. The van der Waals surface area contributed by atoms with Crippen LogP contribution in [0.1, 0.15) is 33.8 Å². The summed E-state index contributed by atoms with van der Waals surface area (Å²) in [5.74, 6) is 0.494. The van der Waals surface area contributed by atoms with Crippen LogP contribution >= 0.6 is 11.6 Å². The molecule has 0 atom stereocenters. The molecule has 0 spiro atoms. The minimum Gasteiger partial charge on any atom is -0.486 e. The highest BCUT2D eigenvalue weighted by atomic mass is 35.5. The molecule has 4 aromatic heterocycles. The monoisotopic (exact) mass is 553 g/mol. The highest BCUT2D eigenvalue weighted by Crippen LogP contribution is 2.34. The van der Waals surface area contributed by atoms with Crippen molar-refractivity contribution >= 4 is 22.5 Å². The third kappa shape index (κ3) is 5.24. The summed E-state index contributed by atoms with van der Waals surface area (Å²) in [5, 5.41) is 8.36. The molecule has 39 heavy (non-hydrogen) atoms. The molecule has 0 saturated heterocycles. The average Bonchev–Trinajstić information content (AvgIpc) is 3.29. The fraction of sp³-hybridized carbons (Fsp3) is 0.214. The molecule has 0 saturated carbocycles. The van der Waals surface area contributed by atoms with Crippen LogP contribution in [-0.4, -0.2) is 24.7 Å². The number of aromatic amines is 1. The quantitative estimate of drug-likeness (QED) is 0.263. The fourth-order valence-electron chi connectivity index (χ4n) is 4.48. The molecule has 0 aliphatic rings. The van der Waals surface area contributed by atoms with E-state index in [0.29, 0.717) is 33.2 Å². The van der Waals surface area contributed by atoms with E-state index >= 15 is 0 Å². The van der Waals surface area contributed by atoms with Crippen LogP contribution in [-0.2, 0) is 19.3 Å². The van der Waals surface area contributed by atoms with Crippen molar-refractivity contribution in [3.8, 4) is 17.0 Å². The molecule has 5 aromatic rings. The van der Waals surface area contributed by atoms with Gasteiger partial charge in [-0.15, -0.1) is 0 Å². The number of H-pyrrole nitrogens is 1. The number of hydrogen-bond donors (Lipinski definition) is 1. The molecular formula is C28H23ClF3N5O2. The van der Waals surface area contributed by atoms with E-state index in [4.69, 9.17) is 21.3 Å². The number of pyridine rings is 3. The fourth-order valence-corrected chi connectivity index (χ4v) is 4.81. The van der Waals surface area contributed by atoms with Crippen LogP contribution in [0.5, 0.6) is 5.75 Å². The summed E-state index contributed by atoms with van der Waals surface area (Å²) in [6.07, 6.45) is -1.73. The van der Waals surface area contributed by atoms with Crippen LogP contribution < -0.4 is 10.3 Å². The molecule has 7 nitrogen and oxygen atoms in total. The minimum absolute atomic E-state index is 0.0394. The van der Waals surface area contributed by atoms with E-state index in [1.807, 2.05) is 32.0 Å². The second kappa shape index (κ2) is 10.2. The first kappa shape index (κ1) is 26.4. The standard InChI is InChI=1S/C28H23ClF3N5O2/c1-15-12-33-36-25(15)19-10-16(2)35-26-18(19)6-4-8-24(26)39-14-20-22(29)11-17(3)34-23(20)13-37-9-5-7-21(27(37)38)28(30,31)32/h4-12H,13-14H2,1-3H3,(H,33,36). The van der Waals surface area contributed by atoms with Gasteiger partial charge in [0.05, 0.1) is 29.2 Å². The van der Waals surface area contributed by atoms with E-state index in [9.17, 15) is 18.0 Å². The van der Waals surface area contributed by atoms with Crippen LogP contribution in [0.25, 0.3) is 22.2 Å². The number of benzene rings is 1. The SMILES string of the molecule is Cc1cc(Cl)c(COc2cccc3c(-c4[nH]ncc4C)cc(C)nc23)c(Cn2cccc(C(F)(F)F)c2=O)n1. The molecule has 0 fully saturated rings. The first-order chi connectivity index (χ1) is 18.5. The summed E-state index contributed by atoms with van der Waals surface area (Å²) in [7, 11) is 0. The molecule has 1 aromatic carbocycles. The van der Waals surface area contributed by atoms with Crippen molar-refractivity contribution in [2.75, 3.05) is 0 Å². The van der Waals surface area contributed by atoms with Crippen LogP contribution in [0.4, 0.5) is 13.2 Å². The summed E-state index contributed by atoms with van der Waals surface area (Å²) >= 11 is 6.55. The lowest BCUT2D eigenvalue weighted by molar-refractivity contribution is -0.138. The third-order valence-electron chi connectivity index (χ3n) is 6.33. The van der Waals surface area contributed by atoms with Gasteiger partial charge in [-0.3, -0.25) is 14.9 Å². The Hall–Kier alpha value is -4.18. The highest BCUT2D eigenvalue weighted by Gasteiger charge is 2.34. The Bertz CT molecular complexity index is 1760. The van der Waals surface area contributed by atoms with Gasteiger partial charge >= 0.3 is 6.18 Å². The molecule has 0 unspecified atom stereocenters. The lowest BCUT2D eigenvalue weighted by atomic mass is 10.0. The molecule has 200 valence electrons. The Morgan fingerprint density at radius 2 is 1.82 bits per heavy atom. The number of hydrogen-bond acceptors (Lipinski definition) is 5. The number of aromatic nitrogens is 5. The van der Waals surface area contributed by atoms with Crippen molar-refractivity contribution in [3.05, 3.63) is 104 Å². The number of ether oxygens (including phenoxy) is 1. The van der Waals surface area contributed by atoms with Gasteiger partial charge in [-0.1, -0.05) is 23.7 Å². The van der Waals surface area contributed by atoms with E-state index in [1.54, 1.807) is 25.3 Å². The van der Waals surface area contributed by atoms with E-state index in [-0.39, 0.29) is 13.2 Å². The first-order valence-corrected chi connectivity index (χ1v) is 12.4. The molecule has 0 amide bonds. The predicted octanol–water partition coefficient (Wildman–Crippen LogP) is 6.41. The Morgan fingerprint density at radius 3 is 2.54 bits per heavy atom. The molecular weight excluding hydrogens is 531 g/mol. The zero-order valence-corrected chi connectivity index (χ0v) is 22.0. The number of halogens is 4. The largest absolute Gasteiger partial charge is 0.486 e. The van der Waals surface area contributed by atoms with Crippen molar-refractivity contribution in [2.45, 2.75) is 40.1 Å². The van der Waals surface area contributed by atoms with E-state index < -0.39 is 17.3 Å². The summed E-state index contributed by atoms with van der Waals surface area (Å²) in [4.78, 5) is 21.7. The maximum Gasteiger partial charge on any atom is 0.421 e. The molecule has 5 rings (SSSR count). The van der Waals surface area contributed by atoms with E-state index in [1.165, 1.54) is 12.3 Å². The van der Waals surface area contributed by atoms with Gasteiger partial charge in [-0.2, -0.15) is 18.3 Å². The van der Waals surface area contributed by atoms with E-state index in [0.717, 1.165) is 38.5 Å². The van der Waals surface area contributed by atoms with Gasteiger partial charge in [-0.05, 0) is 56.7 Å². The summed E-state index contributed by atoms with van der Waals surface area (Å²) in [6.45, 7) is 5.31. The first-order valence-electron chi connectivity index (χ1n) is 12.0. The van der Waals surface area contributed by atoms with E-state index in [2.05, 4.69) is 15.2 Å². The molecule has 1 N–H and O–H groups in total. The maximum absolute atomic E-state index is 13.3. The number of para-hydroxylation sites is 1. The van der Waals surface area contributed by atoms with Gasteiger partial charge in [0.25, 0.3) is 5.56 Å². The highest BCUT2D eigenvalue weighted by molar-refractivity contribution is 6.31. The van der Waals surface area contributed by atoms with Crippen molar-refractivity contribution in [1.82, 2.24) is 24.7 Å². The maximum atomic E-state index is 13.3. The molecule has 0 bridgehead atoms. The Kier molecular flexibility index (Phi) is 6.90.